The minimum absolute atomic E-state index is 0.681. The molecule has 0 heteroatoms. The van der Waals surface area contributed by atoms with Gasteiger partial charge in [-0.05, 0) is 36.2 Å². The average Bonchev–Trinajstić information content (AvgIpc) is 2.20. The van der Waals surface area contributed by atoms with E-state index in [1.54, 1.807) is 0 Å². The van der Waals surface area contributed by atoms with E-state index in [-0.39, 0.29) is 0 Å². The smallest absolute Gasteiger partial charge is 0.0111 e. The molecule has 0 spiro atoms. The first kappa shape index (κ1) is 13.3. The Morgan fingerprint density at radius 3 is 1.62 bits per heavy atom. The van der Waals surface area contributed by atoms with Gasteiger partial charge in [-0.1, -0.05) is 64.4 Å². The number of hydrogen-bond acceptors (Lipinski definition) is 0. The van der Waals surface area contributed by atoms with Gasteiger partial charge in [-0.25, -0.2) is 0 Å². The van der Waals surface area contributed by atoms with Crippen LogP contribution < -0.4 is 0 Å². The normalized spacial score (nSPS) is 15.5. The first-order valence-corrected chi connectivity index (χ1v) is 6.50. The Morgan fingerprint density at radius 1 is 0.750 bits per heavy atom. The lowest BCUT2D eigenvalue weighted by molar-refractivity contribution is 0.289. The molecule has 0 aromatic heterocycles. The summed E-state index contributed by atoms with van der Waals surface area (Å²) in [5.74, 6) is 2.87. The molecule has 0 saturated heterocycles. The predicted octanol–water partition coefficient (Wildman–Crippen LogP) is 5.03. The maximum Gasteiger partial charge on any atom is -0.0111 e. The summed E-state index contributed by atoms with van der Waals surface area (Å²) in [6.45, 7) is 13.9. The summed E-state index contributed by atoms with van der Waals surface area (Å²) < 4.78 is 0. The fourth-order valence-corrected chi connectivity index (χ4v) is 2.50. The third-order valence-corrected chi connectivity index (χ3v) is 3.80. The van der Waals surface area contributed by atoms with E-state index in [0.29, 0.717) is 11.8 Å². The van der Waals surface area contributed by atoms with Crippen molar-refractivity contribution in [3.63, 3.8) is 0 Å². The van der Waals surface area contributed by atoms with E-state index >= 15 is 0 Å². The van der Waals surface area contributed by atoms with Crippen LogP contribution in [0.15, 0.2) is 24.3 Å². The van der Waals surface area contributed by atoms with E-state index in [0.717, 1.165) is 11.8 Å². The second-order valence-corrected chi connectivity index (χ2v) is 5.78. The lowest BCUT2D eigenvalue weighted by Gasteiger charge is -2.30. The topological polar surface area (TPSA) is 0 Å². The van der Waals surface area contributed by atoms with Gasteiger partial charge in [-0.15, -0.1) is 0 Å². The van der Waals surface area contributed by atoms with Crippen molar-refractivity contribution in [1.82, 2.24) is 0 Å². The van der Waals surface area contributed by atoms with E-state index in [2.05, 4.69) is 65.8 Å². The summed E-state index contributed by atoms with van der Waals surface area (Å²) >= 11 is 0. The van der Waals surface area contributed by atoms with Gasteiger partial charge in [0.15, 0.2) is 0 Å². The van der Waals surface area contributed by atoms with Crippen molar-refractivity contribution in [2.24, 2.45) is 17.8 Å². The summed E-state index contributed by atoms with van der Waals surface area (Å²) in [6, 6.07) is 9.08. The van der Waals surface area contributed by atoms with Crippen molar-refractivity contribution in [3.05, 3.63) is 35.4 Å². The summed E-state index contributed by atoms with van der Waals surface area (Å²) in [4.78, 5) is 0. The Hall–Kier alpha value is -0.780. The van der Waals surface area contributed by atoms with Gasteiger partial charge in [0.05, 0.1) is 0 Å². The van der Waals surface area contributed by atoms with Crippen molar-refractivity contribution in [3.8, 4) is 0 Å². The Kier molecular flexibility index (Phi) is 4.58. The van der Waals surface area contributed by atoms with Crippen molar-refractivity contribution >= 4 is 0 Å². The highest BCUT2D eigenvalue weighted by molar-refractivity contribution is 5.25. The molecule has 0 N–H and O–H groups in total. The molecule has 0 aliphatic carbocycles. The van der Waals surface area contributed by atoms with Crippen molar-refractivity contribution in [1.29, 1.82) is 0 Å². The molecule has 1 rings (SSSR count). The van der Waals surface area contributed by atoms with Gasteiger partial charge in [-0.2, -0.15) is 0 Å². The Morgan fingerprint density at radius 2 is 1.25 bits per heavy atom. The molecule has 0 fully saturated rings. The van der Waals surface area contributed by atoms with E-state index in [1.807, 2.05) is 0 Å². The highest BCUT2D eigenvalue weighted by Crippen LogP contribution is 2.35. The minimum Gasteiger partial charge on any atom is -0.0625 e. The molecule has 0 saturated carbocycles. The molecule has 1 aromatic carbocycles. The quantitative estimate of drug-likeness (QED) is 0.665. The predicted molar refractivity (Wildman–Crippen MR) is 72.8 cm³/mol. The van der Waals surface area contributed by atoms with Gasteiger partial charge in [0, 0.05) is 0 Å². The van der Waals surface area contributed by atoms with Gasteiger partial charge < -0.3 is 0 Å². The van der Waals surface area contributed by atoms with Gasteiger partial charge >= 0.3 is 0 Å². The molecule has 0 amide bonds. The fourth-order valence-electron chi connectivity index (χ4n) is 2.50. The zero-order valence-corrected chi connectivity index (χ0v) is 11.6. The molecular formula is C16H26. The second kappa shape index (κ2) is 5.52. The van der Waals surface area contributed by atoms with Gasteiger partial charge in [-0.3, -0.25) is 0 Å². The molecule has 16 heavy (non-hydrogen) atoms. The monoisotopic (exact) mass is 218 g/mol. The molecular weight excluding hydrogens is 192 g/mol. The van der Waals surface area contributed by atoms with E-state index in [9.17, 15) is 0 Å². The molecule has 0 radical (unpaired) electrons. The van der Waals surface area contributed by atoms with Crippen molar-refractivity contribution in [2.75, 3.05) is 0 Å². The average molecular weight is 218 g/mol. The minimum atomic E-state index is 0.681. The zero-order valence-electron chi connectivity index (χ0n) is 11.6. The highest BCUT2D eigenvalue weighted by atomic mass is 14.3. The van der Waals surface area contributed by atoms with Crippen LogP contribution >= 0.6 is 0 Å². The molecule has 0 aliphatic heterocycles. The molecule has 0 heterocycles. The Labute approximate surface area is 101 Å². The molecule has 1 aromatic rings. The summed E-state index contributed by atoms with van der Waals surface area (Å²) in [6.07, 6.45) is 0. The highest BCUT2D eigenvalue weighted by Gasteiger charge is 2.24. The van der Waals surface area contributed by atoms with Crippen LogP contribution in [-0.4, -0.2) is 0 Å². The van der Waals surface area contributed by atoms with Gasteiger partial charge in [0.2, 0.25) is 0 Å². The standard InChI is InChI=1S/C16H26/c1-11(2)14(6)16(12(3)4)15-9-7-13(5)8-10-15/h7-12,14,16H,1-6H3. The maximum atomic E-state index is 2.38. The van der Waals surface area contributed by atoms with Gasteiger partial charge in [0.25, 0.3) is 0 Å². The number of rotatable bonds is 4. The molecule has 0 bridgehead atoms. The first-order valence-electron chi connectivity index (χ1n) is 6.50. The number of benzene rings is 1. The van der Waals surface area contributed by atoms with Crippen LogP contribution in [0.5, 0.6) is 0 Å². The van der Waals surface area contributed by atoms with Crippen molar-refractivity contribution in [2.45, 2.75) is 47.5 Å². The lowest BCUT2D eigenvalue weighted by Crippen LogP contribution is -2.20. The molecule has 2 atom stereocenters. The van der Waals surface area contributed by atoms with Crippen LogP contribution in [0.1, 0.15) is 51.7 Å². The SMILES string of the molecule is Cc1ccc(C(C(C)C)C(C)C(C)C)cc1. The third kappa shape index (κ3) is 3.10. The fraction of sp³-hybridized carbons (Fsp3) is 0.625. The van der Waals surface area contributed by atoms with Gasteiger partial charge in [0.1, 0.15) is 0 Å². The first-order chi connectivity index (χ1) is 7.43. The molecule has 0 nitrogen and oxygen atoms in total. The van der Waals surface area contributed by atoms with Crippen LogP contribution in [0.3, 0.4) is 0 Å². The lowest BCUT2D eigenvalue weighted by atomic mass is 9.74. The van der Waals surface area contributed by atoms with E-state index < -0.39 is 0 Å². The summed E-state index contributed by atoms with van der Waals surface area (Å²) in [5.41, 5.74) is 2.85. The van der Waals surface area contributed by atoms with E-state index in [1.165, 1.54) is 11.1 Å². The van der Waals surface area contributed by atoms with Crippen LogP contribution in [-0.2, 0) is 0 Å². The Bertz CT molecular complexity index is 305. The second-order valence-electron chi connectivity index (χ2n) is 5.78. The molecule has 2 unspecified atom stereocenters. The summed E-state index contributed by atoms with van der Waals surface area (Å²) in [7, 11) is 0. The van der Waals surface area contributed by atoms with E-state index in [4.69, 9.17) is 0 Å². The van der Waals surface area contributed by atoms with Crippen molar-refractivity contribution < 1.29 is 0 Å². The third-order valence-electron chi connectivity index (χ3n) is 3.80. The largest absolute Gasteiger partial charge is 0.0625 e. The van der Waals surface area contributed by atoms with Crippen LogP contribution in [0.25, 0.3) is 0 Å². The van der Waals surface area contributed by atoms with Crippen LogP contribution in [0, 0.1) is 24.7 Å². The molecule has 90 valence electrons. The number of aryl methyl sites for hydroxylation is 1. The number of hydrogen-bond donors (Lipinski definition) is 0. The summed E-state index contributed by atoms with van der Waals surface area (Å²) in [5, 5.41) is 0. The maximum absolute atomic E-state index is 2.38. The van der Waals surface area contributed by atoms with Crippen LogP contribution in [0.2, 0.25) is 0 Å². The Balaban J connectivity index is 2.98. The zero-order chi connectivity index (χ0) is 12.3. The molecule has 0 aliphatic rings. The van der Waals surface area contributed by atoms with Crippen LogP contribution in [0.4, 0.5) is 0 Å².